The highest BCUT2D eigenvalue weighted by Crippen LogP contribution is 2.34. The van der Waals surface area contributed by atoms with Gasteiger partial charge < -0.3 is 9.64 Å². The van der Waals surface area contributed by atoms with Gasteiger partial charge in [-0.05, 0) is 29.1 Å². The summed E-state index contributed by atoms with van der Waals surface area (Å²) in [6.45, 7) is 6.19. The summed E-state index contributed by atoms with van der Waals surface area (Å²) in [6, 6.07) is 11.3. The normalized spacial score (nSPS) is 18.9. The zero-order chi connectivity index (χ0) is 23.2. The van der Waals surface area contributed by atoms with Gasteiger partial charge in [0.05, 0.1) is 29.8 Å². The molecule has 1 aromatic carbocycles. The standard InChI is InChI=1S/C24H29ClN4O3S/c1-2-23(30)28(10-9-27-11-13-32-14-12-27)17-24(31)29-21(18-5-7-19(25)8-6-18)16-20(26-29)22-4-3-15-33-22/h3-8,15,21H,2,9-14,16-17H2,1H3. The number of nitrogens with zero attached hydrogens (tertiary/aromatic N) is 4. The number of rotatable bonds is 8. The highest BCUT2D eigenvalue weighted by atomic mass is 35.5. The minimum Gasteiger partial charge on any atom is -0.379 e. The molecule has 2 amide bonds. The summed E-state index contributed by atoms with van der Waals surface area (Å²) in [7, 11) is 0. The van der Waals surface area contributed by atoms with E-state index in [2.05, 4.69) is 4.90 Å². The Morgan fingerprint density at radius 2 is 1.97 bits per heavy atom. The third kappa shape index (κ3) is 6.00. The number of hydrogen-bond donors (Lipinski definition) is 0. The van der Waals surface area contributed by atoms with E-state index in [1.807, 2.05) is 48.7 Å². The summed E-state index contributed by atoms with van der Waals surface area (Å²) in [4.78, 5) is 31.1. The van der Waals surface area contributed by atoms with Crippen molar-refractivity contribution in [1.82, 2.24) is 14.8 Å². The lowest BCUT2D eigenvalue weighted by atomic mass is 10.0. The molecule has 9 heteroatoms. The molecule has 1 unspecified atom stereocenters. The third-order valence-corrected chi connectivity index (χ3v) is 7.17. The van der Waals surface area contributed by atoms with E-state index in [1.165, 1.54) is 0 Å². The number of carbonyl (C=O) groups is 2. The molecule has 0 radical (unpaired) electrons. The van der Waals surface area contributed by atoms with Crippen molar-refractivity contribution < 1.29 is 14.3 Å². The van der Waals surface area contributed by atoms with E-state index >= 15 is 0 Å². The molecule has 3 heterocycles. The highest BCUT2D eigenvalue weighted by Gasteiger charge is 2.34. The zero-order valence-corrected chi connectivity index (χ0v) is 20.4. The van der Waals surface area contributed by atoms with Gasteiger partial charge in [0.1, 0.15) is 6.54 Å². The van der Waals surface area contributed by atoms with Crippen molar-refractivity contribution in [2.75, 3.05) is 45.9 Å². The van der Waals surface area contributed by atoms with Crippen LogP contribution in [-0.4, -0.2) is 78.3 Å². The summed E-state index contributed by atoms with van der Waals surface area (Å²) in [6.07, 6.45) is 0.990. The number of carbonyl (C=O) groups excluding carboxylic acids is 2. The molecule has 7 nitrogen and oxygen atoms in total. The van der Waals surface area contributed by atoms with Crippen LogP contribution in [0.2, 0.25) is 5.02 Å². The molecule has 0 N–H and O–H groups in total. The minimum absolute atomic E-state index is 0.0162. The fraction of sp³-hybridized carbons (Fsp3) is 0.458. The molecule has 0 spiro atoms. The molecule has 2 aromatic rings. The van der Waals surface area contributed by atoms with Crippen LogP contribution in [0.25, 0.3) is 0 Å². The summed E-state index contributed by atoms with van der Waals surface area (Å²) >= 11 is 7.69. The van der Waals surface area contributed by atoms with Crippen LogP contribution >= 0.6 is 22.9 Å². The molecule has 2 aliphatic rings. The quantitative estimate of drug-likeness (QED) is 0.569. The molecule has 4 rings (SSSR count). The molecule has 0 aliphatic carbocycles. The molecule has 0 saturated carbocycles. The van der Waals surface area contributed by atoms with E-state index in [1.54, 1.807) is 21.2 Å². The predicted octanol–water partition coefficient (Wildman–Crippen LogP) is 3.65. The van der Waals surface area contributed by atoms with Crippen LogP contribution in [0.4, 0.5) is 0 Å². The van der Waals surface area contributed by atoms with Gasteiger partial charge in [0.2, 0.25) is 5.91 Å². The Labute approximate surface area is 203 Å². The van der Waals surface area contributed by atoms with Gasteiger partial charge >= 0.3 is 0 Å². The predicted molar refractivity (Wildman–Crippen MR) is 131 cm³/mol. The number of halogens is 1. The lowest BCUT2D eigenvalue weighted by Crippen LogP contribution is -2.46. The first kappa shape index (κ1) is 23.9. The first-order valence-corrected chi connectivity index (χ1v) is 12.6. The Morgan fingerprint density at radius 3 is 2.64 bits per heavy atom. The molecule has 33 heavy (non-hydrogen) atoms. The fourth-order valence-electron chi connectivity index (χ4n) is 4.11. The number of hydrazone groups is 1. The van der Waals surface area contributed by atoms with Crippen LogP contribution in [-0.2, 0) is 14.3 Å². The number of ether oxygens (including phenoxy) is 1. The van der Waals surface area contributed by atoms with Crippen LogP contribution in [0.3, 0.4) is 0 Å². The van der Waals surface area contributed by atoms with Crippen LogP contribution in [0.5, 0.6) is 0 Å². The second-order valence-electron chi connectivity index (χ2n) is 8.16. The van der Waals surface area contributed by atoms with Crippen LogP contribution < -0.4 is 0 Å². The monoisotopic (exact) mass is 488 g/mol. The van der Waals surface area contributed by atoms with Crippen molar-refractivity contribution in [2.24, 2.45) is 5.10 Å². The summed E-state index contributed by atoms with van der Waals surface area (Å²) < 4.78 is 5.40. The van der Waals surface area contributed by atoms with Crippen molar-refractivity contribution in [3.05, 3.63) is 57.2 Å². The van der Waals surface area contributed by atoms with Gasteiger partial charge in [-0.3, -0.25) is 14.5 Å². The van der Waals surface area contributed by atoms with Crippen molar-refractivity contribution in [3.8, 4) is 0 Å². The van der Waals surface area contributed by atoms with Crippen molar-refractivity contribution in [2.45, 2.75) is 25.8 Å². The number of amides is 2. The average molecular weight is 489 g/mol. The van der Waals surface area contributed by atoms with Gasteiger partial charge in [0.15, 0.2) is 0 Å². The van der Waals surface area contributed by atoms with Gasteiger partial charge in [-0.1, -0.05) is 36.7 Å². The Bertz CT molecular complexity index is 974. The van der Waals surface area contributed by atoms with E-state index in [0.29, 0.717) is 37.6 Å². The van der Waals surface area contributed by atoms with Gasteiger partial charge in [-0.2, -0.15) is 5.10 Å². The largest absolute Gasteiger partial charge is 0.379 e. The van der Waals surface area contributed by atoms with Gasteiger partial charge in [-0.25, -0.2) is 5.01 Å². The lowest BCUT2D eigenvalue weighted by Gasteiger charge is -2.31. The van der Waals surface area contributed by atoms with Gasteiger partial charge in [0, 0.05) is 44.0 Å². The fourth-order valence-corrected chi connectivity index (χ4v) is 4.96. The molecule has 1 aromatic heterocycles. The Hall–Kier alpha value is -2.26. The van der Waals surface area contributed by atoms with Gasteiger partial charge in [0.25, 0.3) is 5.91 Å². The summed E-state index contributed by atoms with van der Waals surface area (Å²) in [5, 5.41) is 8.93. The number of hydrogen-bond acceptors (Lipinski definition) is 6. The average Bonchev–Trinajstić information content (AvgIpc) is 3.52. The van der Waals surface area contributed by atoms with Crippen LogP contribution in [0.1, 0.15) is 36.2 Å². The number of thiophene rings is 1. The van der Waals surface area contributed by atoms with E-state index in [4.69, 9.17) is 21.4 Å². The van der Waals surface area contributed by atoms with Crippen molar-refractivity contribution in [3.63, 3.8) is 0 Å². The minimum atomic E-state index is -0.218. The first-order chi connectivity index (χ1) is 16.0. The van der Waals surface area contributed by atoms with E-state index in [9.17, 15) is 9.59 Å². The Kier molecular flexibility index (Phi) is 8.14. The van der Waals surface area contributed by atoms with Gasteiger partial charge in [-0.15, -0.1) is 11.3 Å². The molecular weight excluding hydrogens is 460 g/mol. The van der Waals surface area contributed by atoms with Crippen LogP contribution in [0.15, 0.2) is 46.9 Å². The topological polar surface area (TPSA) is 65.5 Å². The molecule has 1 atom stereocenters. The summed E-state index contributed by atoms with van der Waals surface area (Å²) in [5.41, 5.74) is 1.87. The number of benzene rings is 1. The second kappa shape index (κ2) is 11.2. The molecule has 176 valence electrons. The molecule has 1 saturated heterocycles. The molecule has 1 fully saturated rings. The van der Waals surface area contributed by atoms with Crippen LogP contribution in [0, 0.1) is 0 Å². The van der Waals surface area contributed by atoms with Crippen molar-refractivity contribution in [1.29, 1.82) is 0 Å². The maximum atomic E-state index is 13.5. The molecule has 0 bridgehead atoms. The Morgan fingerprint density at radius 1 is 1.21 bits per heavy atom. The highest BCUT2D eigenvalue weighted by molar-refractivity contribution is 7.12. The zero-order valence-electron chi connectivity index (χ0n) is 18.8. The maximum Gasteiger partial charge on any atom is 0.262 e. The lowest BCUT2D eigenvalue weighted by molar-refractivity contribution is -0.141. The molecular formula is C24H29ClN4O3S. The van der Waals surface area contributed by atoms with Crippen molar-refractivity contribution >= 4 is 40.5 Å². The Balaban J connectivity index is 1.51. The SMILES string of the molecule is CCC(=O)N(CCN1CCOCC1)CC(=O)N1N=C(c2cccs2)CC1c1ccc(Cl)cc1. The van der Waals surface area contributed by atoms with E-state index in [-0.39, 0.29) is 24.4 Å². The van der Waals surface area contributed by atoms with E-state index < -0.39 is 0 Å². The first-order valence-electron chi connectivity index (χ1n) is 11.3. The van der Waals surface area contributed by atoms with E-state index in [0.717, 1.165) is 35.8 Å². The molecule has 2 aliphatic heterocycles. The third-order valence-electron chi connectivity index (χ3n) is 6.00. The number of morpholine rings is 1. The maximum absolute atomic E-state index is 13.5. The second-order valence-corrected chi connectivity index (χ2v) is 9.54. The smallest absolute Gasteiger partial charge is 0.262 e. The summed E-state index contributed by atoms with van der Waals surface area (Å²) in [5.74, 6) is -0.202.